The predicted octanol–water partition coefficient (Wildman–Crippen LogP) is 4.32. The summed E-state index contributed by atoms with van der Waals surface area (Å²) in [6.45, 7) is 4.12. The van der Waals surface area contributed by atoms with Gasteiger partial charge < -0.3 is 14.6 Å². The lowest BCUT2D eigenvalue weighted by atomic mass is 10.1. The van der Waals surface area contributed by atoms with E-state index in [0.717, 1.165) is 22.6 Å². The smallest absolute Gasteiger partial charge is 0.260 e. The summed E-state index contributed by atoms with van der Waals surface area (Å²) in [7, 11) is 1.62. The van der Waals surface area contributed by atoms with Gasteiger partial charge in [0, 0.05) is 11.9 Å². The number of amides is 1. The molecule has 6 heteroatoms. The lowest BCUT2D eigenvalue weighted by Gasteiger charge is -2.12. The monoisotopic (exact) mass is 413 g/mol. The Kier molecular flexibility index (Phi) is 5.54. The van der Waals surface area contributed by atoms with Crippen LogP contribution in [-0.2, 0) is 6.54 Å². The van der Waals surface area contributed by atoms with Crippen LogP contribution in [0.5, 0.6) is 5.75 Å². The van der Waals surface area contributed by atoms with Crippen molar-refractivity contribution < 1.29 is 9.53 Å². The third-order valence-electron chi connectivity index (χ3n) is 5.30. The molecule has 0 aliphatic carbocycles. The van der Waals surface area contributed by atoms with Crippen LogP contribution in [0.15, 0.2) is 71.7 Å². The zero-order valence-corrected chi connectivity index (χ0v) is 17.7. The van der Waals surface area contributed by atoms with Gasteiger partial charge in [0.1, 0.15) is 5.75 Å². The summed E-state index contributed by atoms with van der Waals surface area (Å²) in [5.41, 5.74) is 4.01. The van der Waals surface area contributed by atoms with Crippen molar-refractivity contribution in [2.24, 2.45) is 0 Å². The molecule has 1 N–H and O–H groups in total. The summed E-state index contributed by atoms with van der Waals surface area (Å²) in [4.78, 5) is 30.5. The van der Waals surface area contributed by atoms with Gasteiger partial charge in [-0.25, -0.2) is 0 Å². The van der Waals surface area contributed by atoms with Gasteiger partial charge in [-0.2, -0.15) is 0 Å². The van der Waals surface area contributed by atoms with Gasteiger partial charge in [0.2, 0.25) is 0 Å². The molecule has 4 rings (SSSR count). The summed E-state index contributed by atoms with van der Waals surface area (Å²) < 4.78 is 6.80. The first kappa shape index (κ1) is 20.3. The van der Waals surface area contributed by atoms with Crippen LogP contribution in [0.25, 0.3) is 10.9 Å². The van der Waals surface area contributed by atoms with Gasteiger partial charge in [0.05, 0.1) is 35.8 Å². The highest BCUT2D eigenvalue weighted by Gasteiger charge is 2.15. The second-order valence-electron chi connectivity index (χ2n) is 7.42. The summed E-state index contributed by atoms with van der Waals surface area (Å²) in [5, 5.41) is 3.33. The molecule has 0 aliphatic rings. The summed E-state index contributed by atoms with van der Waals surface area (Å²) in [6.07, 6.45) is 1.73. The number of nitrogens with one attached hydrogen (secondary N) is 1. The molecule has 2 aromatic carbocycles. The number of rotatable bonds is 5. The molecular formula is C25H23N3O3. The minimum absolute atomic E-state index is 0.189. The second-order valence-corrected chi connectivity index (χ2v) is 7.42. The van der Waals surface area contributed by atoms with Gasteiger partial charge in [-0.3, -0.25) is 14.6 Å². The number of hydrogen-bond donors (Lipinski definition) is 1. The Morgan fingerprint density at radius 2 is 1.81 bits per heavy atom. The molecule has 0 unspecified atom stereocenters. The summed E-state index contributed by atoms with van der Waals surface area (Å²) in [5.74, 6) is 0.477. The number of nitrogens with zero attached hydrogens (tertiary/aromatic N) is 2. The molecule has 156 valence electrons. The van der Waals surface area contributed by atoms with E-state index in [4.69, 9.17) is 4.74 Å². The Balaban J connectivity index is 1.69. The number of aromatic nitrogens is 2. The van der Waals surface area contributed by atoms with Gasteiger partial charge in [0.15, 0.2) is 0 Å². The van der Waals surface area contributed by atoms with E-state index in [2.05, 4.69) is 10.3 Å². The molecule has 0 bridgehead atoms. The Morgan fingerprint density at radius 1 is 1.06 bits per heavy atom. The van der Waals surface area contributed by atoms with E-state index in [0.29, 0.717) is 28.7 Å². The highest BCUT2D eigenvalue weighted by Crippen LogP contribution is 2.19. The van der Waals surface area contributed by atoms with Crippen molar-refractivity contribution in [2.45, 2.75) is 20.4 Å². The first-order valence-corrected chi connectivity index (χ1v) is 9.97. The van der Waals surface area contributed by atoms with Crippen LogP contribution in [0.3, 0.4) is 0 Å². The van der Waals surface area contributed by atoms with E-state index in [-0.39, 0.29) is 11.5 Å². The number of hydrogen-bond acceptors (Lipinski definition) is 4. The first-order valence-electron chi connectivity index (χ1n) is 9.97. The molecule has 0 radical (unpaired) electrons. The van der Waals surface area contributed by atoms with E-state index in [1.54, 1.807) is 36.9 Å². The number of carbonyl (C=O) groups excluding carboxylic acids is 1. The Bertz CT molecular complexity index is 1320. The molecular weight excluding hydrogens is 390 g/mol. The Labute approximate surface area is 180 Å². The highest BCUT2D eigenvalue weighted by molar-refractivity contribution is 6.07. The molecule has 0 saturated carbocycles. The minimum Gasteiger partial charge on any atom is -0.497 e. The van der Waals surface area contributed by atoms with Crippen LogP contribution in [-0.4, -0.2) is 22.6 Å². The zero-order valence-electron chi connectivity index (χ0n) is 17.7. The van der Waals surface area contributed by atoms with Gasteiger partial charge in [-0.1, -0.05) is 30.3 Å². The maximum Gasteiger partial charge on any atom is 0.260 e. The predicted molar refractivity (Wildman–Crippen MR) is 122 cm³/mol. The molecule has 2 aromatic heterocycles. The van der Waals surface area contributed by atoms with Crippen molar-refractivity contribution in [1.82, 2.24) is 9.55 Å². The van der Waals surface area contributed by atoms with Crippen LogP contribution in [0.4, 0.5) is 5.69 Å². The van der Waals surface area contributed by atoms with Crippen LogP contribution in [0, 0.1) is 13.8 Å². The molecule has 31 heavy (non-hydrogen) atoms. The number of pyridine rings is 2. The minimum atomic E-state index is -0.286. The number of benzene rings is 2. The lowest BCUT2D eigenvalue weighted by molar-refractivity contribution is 0.102. The molecule has 6 nitrogen and oxygen atoms in total. The van der Waals surface area contributed by atoms with E-state index in [9.17, 15) is 9.59 Å². The third kappa shape index (κ3) is 4.19. The number of ether oxygens (including phenoxy) is 1. The van der Waals surface area contributed by atoms with Gasteiger partial charge in [0.25, 0.3) is 11.5 Å². The zero-order chi connectivity index (χ0) is 22.0. The molecule has 0 aliphatic heterocycles. The van der Waals surface area contributed by atoms with Crippen LogP contribution in [0.2, 0.25) is 0 Å². The molecule has 0 spiro atoms. The fourth-order valence-electron chi connectivity index (χ4n) is 3.49. The maximum atomic E-state index is 13.1. The van der Waals surface area contributed by atoms with Crippen LogP contribution >= 0.6 is 0 Å². The molecule has 2 heterocycles. The van der Waals surface area contributed by atoms with Crippen molar-refractivity contribution in [2.75, 3.05) is 12.4 Å². The fourth-order valence-corrected chi connectivity index (χ4v) is 3.49. The van der Waals surface area contributed by atoms with Gasteiger partial charge in [-0.05, 0) is 55.3 Å². The number of para-hydroxylation sites is 1. The normalized spacial score (nSPS) is 10.8. The molecule has 1 amide bonds. The molecule has 4 aromatic rings. The third-order valence-corrected chi connectivity index (χ3v) is 5.30. The van der Waals surface area contributed by atoms with Crippen LogP contribution in [0.1, 0.15) is 27.2 Å². The van der Waals surface area contributed by atoms with Gasteiger partial charge in [-0.15, -0.1) is 0 Å². The number of carbonyl (C=O) groups is 1. The highest BCUT2D eigenvalue weighted by atomic mass is 16.5. The Hall–Kier alpha value is -3.93. The largest absolute Gasteiger partial charge is 0.497 e. The molecule has 0 fully saturated rings. The fraction of sp³-hybridized carbons (Fsp3) is 0.160. The standard InChI is InChI=1S/C25H23N3O3/c1-16-6-4-5-7-22(16)27-24(29)20-14-21-23(26-17(20)2)12-13-28(25(21)30)15-18-8-10-19(31-3)11-9-18/h4-14H,15H2,1-3H3,(H,27,29). The van der Waals surface area contributed by atoms with Crippen molar-refractivity contribution in [3.63, 3.8) is 0 Å². The molecule has 0 atom stereocenters. The average Bonchev–Trinajstić information content (AvgIpc) is 2.77. The summed E-state index contributed by atoms with van der Waals surface area (Å²) >= 11 is 0. The number of methoxy groups -OCH3 is 1. The average molecular weight is 413 g/mol. The lowest BCUT2D eigenvalue weighted by Crippen LogP contribution is -2.22. The van der Waals surface area contributed by atoms with E-state index in [1.165, 1.54) is 0 Å². The van der Waals surface area contributed by atoms with E-state index < -0.39 is 0 Å². The van der Waals surface area contributed by atoms with Crippen molar-refractivity contribution in [3.05, 3.63) is 99.6 Å². The topological polar surface area (TPSA) is 73.2 Å². The number of aryl methyl sites for hydroxylation is 2. The second kappa shape index (κ2) is 8.44. The van der Waals surface area contributed by atoms with Crippen molar-refractivity contribution in [1.29, 1.82) is 0 Å². The SMILES string of the molecule is COc1ccc(Cn2ccc3nc(C)c(C(=O)Nc4ccccc4C)cc3c2=O)cc1. The first-order chi connectivity index (χ1) is 15.0. The van der Waals surface area contributed by atoms with Crippen molar-refractivity contribution >= 4 is 22.5 Å². The van der Waals surface area contributed by atoms with E-state index >= 15 is 0 Å². The quantitative estimate of drug-likeness (QED) is 0.529. The Morgan fingerprint density at radius 3 is 2.52 bits per heavy atom. The van der Waals surface area contributed by atoms with Crippen LogP contribution < -0.4 is 15.6 Å². The number of fused-ring (bicyclic) bond motifs is 1. The van der Waals surface area contributed by atoms with Gasteiger partial charge >= 0.3 is 0 Å². The number of anilines is 1. The van der Waals surface area contributed by atoms with Crippen molar-refractivity contribution in [3.8, 4) is 5.75 Å². The maximum absolute atomic E-state index is 13.1. The van der Waals surface area contributed by atoms with E-state index in [1.807, 2.05) is 55.5 Å². The molecule has 0 saturated heterocycles. The summed E-state index contributed by atoms with van der Waals surface area (Å²) in [6, 6.07) is 18.6.